The largest absolute Gasteiger partial charge is 0.354 e. The lowest BCUT2D eigenvalue weighted by atomic mass is 10.0. The van der Waals surface area contributed by atoms with Crippen molar-refractivity contribution in [2.75, 3.05) is 24.5 Å². The molecule has 1 fully saturated rings. The molecule has 5 aromatic rings. The maximum absolute atomic E-state index is 4.85. The number of imidazole rings is 1. The first-order valence-corrected chi connectivity index (χ1v) is 11.9. The van der Waals surface area contributed by atoms with Gasteiger partial charge in [0, 0.05) is 60.3 Å². The van der Waals surface area contributed by atoms with E-state index in [2.05, 4.69) is 82.1 Å². The molecule has 1 aliphatic rings. The number of aromatic nitrogens is 4. The molecular weight excluding hydrogens is 420 g/mol. The summed E-state index contributed by atoms with van der Waals surface area (Å²) in [6.45, 7) is 9.39. The van der Waals surface area contributed by atoms with E-state index in [1.54, 1.807) is 0 Å². The molecule has 6 nitrogen and oxygen atoms in total. The molecule has 4 aromatic heterocycles. The third kappa shape index (κ3) is 3.60. The van der Waals surface area contributed by atoms with E-state index in [-0.39, 0.29) is 0 Å². The molecule has 0 spiro atoms. The fourth-order valence-electron chi connectivity index (χ4n) is 5.06. The van der Waals surface area contributed by atoms with Crippen LogP contribution in [0.4, 0.5) is 5.82 Å². The second-order valence-corrected chi connectivity index (χ2v) is 9.28. The number of para-hydroxylation sites is 1. The molecule has 1 aromatic carbocycles. The summed E-state index contributed by atoms with van der Waals surface area (Å²) in [6, 6.07) is 17.4. The minimum atomic E-state index is 0.480. The highest BCUT2D eigenvalue weighted by atomic mass is 15.2. The Bertz CT molecular complexity index is 1520. The number of rotatable bonds is 3. The predicted octanol–water partition coefficient (Wildman–Crippen LogP) is 5.03. The Labute approximate surface area is 199 Å². The Morgan fingerprint density at radius 3 is 2.71 bits per heavy atom. The molecule has 6 rings (SSSR count). The van der Waals surface area contributed by atoms with Crippen LogP contribution < -0.4 is 10.2 Å². The first-order chi connectivity index (χ1) is 16.6. The minimum Gasteiger partial charge on any atom is -0.354 e. The first-order valence-electron chi connectivity index (χ1n) is 11.9. The fraction of sp³-hybridized carbons (Fsp3) is 0.250. The van der Waals surface area contributed by atoms with Gasteiger partial charge in [-0.2, -0.15) is 0 Å². The lowest BCUT2D eigenvalue weighted by Gasteiger charge is -2.33. The molecular formula is C28H28N6. The van der Waals surface area contributed by atoms with Crippen molar-refractivity contribution in [2.24, 2.45) is 0 Å². The lowest BCUT2D eigenvalue weighted by Crippen LogP contribution is -2.49. The zero-order valence-corrected chi connectivity index (χ0v) is 19.8. The second-order valence-electron chi connectivity index (χ2n) is 9.28. The SMILES string of the molecule is Cc1cc(-c2cnc3cc(-c4cnc(N5CCN[C@H](C)C5)c(C)c4)ccn23)c2ccccc2n1. The molecule has 170 valence electrons. The van der Waals surface area contributed by atoms with Crippen LogP contribution in [0.3, 0.4) is 0 Å². The number of benzene rings is 1. The highest BCUT2D eigenvalue weighted by Crippen LogP contribution is 2.31. The van der Waals surface area contributed by atoms with Crippen molar-refractivity contribution in [1.29, 1.82) is 0 Å². The average Bonchev–Trinajstić information content (AvgIpc) is 3.26. The molecule has 1 aliphatic heterocycles. The zero-order valence-electron chi connectivity index (χ0n) is 19.8. The number of nitrogens with one attached hydrogen (secondary N) is 1. The number of nitrogens with zero attached hydrogens (tertiary/aromatic N) is 5. The molecule has 0 bridgehead atoms. The summed E-state index contributed by atoms with van der Waals surface area (Å²) in [5.41, 5.74) is 8.58. The normalized spacial score (nSPS) is 16.4. The van der Waals surface area contributed by atoms with Gasteiger partial charge >= 0.3 is 0 Å². The Balaban J connectivity index is 1.38. The van der Waals surface area contributed by atoms with E-state index < -0.39 is 0 Å². The standard InChI is InChI=1S/C28H28N6/c1-18-12-22(15-31-28(18)33-11-9-29-20(3)17-33)21-8-10-34-26(16-30-27(34)14-21)24-13-19(2)32-25-7-5-4-6-23(24)25/h4-8,10,12-16,20,29H,9,11,17H2,1-3H3/t20-/m1/s1. The van der Waals surface area contributed by atoms with Gasteiger partial charge in [0.15, 0.2) is 0 Å². The van der Waals surface area contributed by atoms with Crippen LogP contribution in [0.5, 0.6) is 0 Å². The molecule has 1 atom stereocenters. The first kappa shape index (κ1) is 20.8. The van der Waals surface area contributed by atoms with E-state index in [0.29, 0.717) is 6.04 Å². The van der Waals surface area contributed by atoms with Crippen LogP contribution in [0.15, 0.2) is 67.1 Å². The third-order valence-electron chi connectivity index (χ3n) is 6.69. The number of hydrogen-bond donors (Lipinski definition) is 1. The maximum atomic E-state index is 4.85. The topological polar surface area (TPSA) is 58.4 Å². The van der Waals surface area contributed by atoms with Gasteiger partial charge < -0.3 is 10.2 Å². The van der Waals surface area contributed by atoms with Gasteiger partial charge in [0.05, 0.1) is 17.4 Å². The molecule has 0 aliphatic carbocycles. The monoisotopic (exact) mass is 448 g/mol. The van der Waals surface area contributed by atoms with Crippen LogP contribution >= 0.6 is 0 Å². The highest BCUT2D eigenvalue weighted by Gasteiger charge is 2.19. The van der Waals surface area contributed by atoms with Gasteiger partial charge in [0.25, 0.3) is 0 Å². The van der Waals surface area contributed by atoms with Crippen molar-refractivity contribution in [3.63, 3.8) is 0 Å². The van der Waals surface area contributed by atoms with Crippen LogP contribution in [-0.4, -0.2) is 45.0 Å². The Kier molecular flexibility index (Phi) is 5.03. The third-order valence-corrected chi connectivity index (χ3v) is 6.69. The molecule has 0 unspecified atom stereocenters. The predicted molar refractivity (Wildman–Crippen MR) is 138 cm³/mol. The van der Waals surface area contributed by atoms with Crippen LogP contribution in [0.2, 0.25) is 0 Å². The zero-order chi connectivity index (χ0) is 23.2. The molecule has 1 N–H and O–H groups in total. The van der Waals surface area contributed by atoms with Gasteiger partial charge in [-0.25, -0.2) is 9.97 Å². The van der Waals surface area contributed by atoms with Crippen molar-refractivity contribution in [3.8, 4) is 22.4 Å². The number of anilines is 1. The lowest BCUT2D eigenvalue weighted by molar-refractivity contribution is 0.482. The van der Waals surface area contributed by atoms with Crippen LogP contribution in [0, 0.1) is 13.8 Å². The van der Waals surface area contributed by atoms with Gasteiger partial charge in [-0.1, -0.05) is 18.2 Å². The van der Waals surface area contributed by atoms with Crippen LogP contribution in [-0.2, 0) is 0 Å². The van der Waals surface area contributed by atoms with Gasteiger partial charge in [-0.15, -0.1) is 0 Å². The average molecular weight is 449 g/mol. The Hall–Kier alpha value is -3.77. The van der Waals surface area contributed by atoms with Crippen molar-refractivity contribution in [2.45, 2.75) is 26.8 Å². The quantitative estimate of drug-likeness (QED) is 0.420. The van der Waals surface area contributed by atoms with Gasteiger partial charge in [-0.05, 0) is 62.2 Å². The second kappa shape index (κ2) is 8.22. The smallest absolute Gasteiger partial charge is 0.137 e. The summed E-state index contributed by atoms with van der Waals surface area (Å²) >= 11 is 0. The molecule has 5 heterocycles. The van der Waals surface area contributed by atoms with E-state index in [1.165, 1.54) is 5.56 Å². The van der Waals surface area contributed by atoms with Crippen molar-refractivity contribution >= 4 is 22.4 Å². The number of aryl methyl sites for hydroxylation is 2. The summed E-state index contributed by atoms with van der Waals surface area (Å²) in [6.07, 6.45) is 6.06. The highest BCUT2D eigenvalue weighted by molar-refractivity contribution is 5.94. The van der Waals surface area contributed by atoms with Crippen molar-refractivity contribution < 1.29 is 0 Å². The van der Waals surface area contributed by atoms with E-state index in [9.17, 15) is 0 Å². The van der Waals surface area contributed by atoms with E-state index in [4.69, 9.17) is 9.97 Å². The molecule has 1 saturated heterocycles. The molecule has 34 heavy (non-hydrogen) atoms. The molecule has 0 saturated carbocycles. The van der Waals surface area contributed by atoms with E-state index in [1.807, 2.05) is 25.4 Å². The summed E-state index contributed by atoms with van der Waals surface area (Å²) in [7, 11) is 0. The molecule has 6 heteroatoms. The summed E-state index contributed by atoms with van der Waals surface area (Å²) in [5, 5.41) is 4.64. The summed E-state index contributed by atoms with van der Waals surface area (Å²) in [4.78, 5) is 16.7. The number of hydrogen-bond acceptors (Lipinski definition) is 5. The van der Waals surface area contributed by atoms with E-state index in [0.717, 1.165) is 70.1 Å². The molecule has 0 amide bonds. The van der Waals surface area contributed by atoms with Gasteiger partial charge in [0.2, 0.25) is 0 Å². The molecule has 0 radical (unpaired) electrons. The van der Waals surface area contributed by atoms with Crippen molar-refractivity contribution in [1.82, 2.24) is 24.7 Å². The van der Waals surface area contributed by atoms with Crippen LogP contribution in [0.25, 0.3) is 38.9 Å². The van der Waals surface area contributed by atoms with Gasteiger partial charge in [-0.3, -0.25) is 9.38 Å². The fourth-order valence-corrected chi connectivity index (χ4v) is 5.06. The Morgan fingerprint density at radius 2 is 1.85 bits per heavy atom. The van der Waals surface area contributed by atoms with Gasteiger partial charge in [0.1, 0.15) is 11.5 Å². The Morgan fingerprint density at radius 1 is 0.971 bits per heavy atom. The van der Waals surface area contributed by atoms with Crippen LogP contribution in [0.1, 0.15) is 18.2 Å². The number of pyridine rings is 3. The summed E-state index contributed by atoms with van der Waals surface area (Å²) in [5.74, 6) is 1.08. The maximum Gasteiger partial charge on any atom is 0.137 e. The number of fused-ring (bicyclic) bond motifs is 2. The van der Waals surface area contributed by atoms with E-state index >= 15 is 0 Å². The summed E-state index contributed by atoms with van der Waals surface area (Å²) < 4.78 is 2.15. The van der Waals surface area contributed by atoms with Crippen molar-refractivity contribution in [3.05, 3.63) is 78.4 Å². The minimum absolute atomic E-state index is 0.480. The number of piperazine rings is 1.